The highest BCUT2D eigenvalue weighted by Gasteiger charge is 2.42. The third-order valence-electron chi connectivity index (χ3n) is 6.83. The second-order valence-corrected chi connectivity index (χ2v) is 8.74. The summed E-state index contributed by atoms with van der Waals surface area (Å²) >= 11 is 0. The minimum atomic E-state index is 0.0277. The molecule has 1 heteroatoms. The number of hydrogen-bond donors (Lipinski definition) is 0. The average molecular weight is 397 g/mol. The van der Waals surface area contributed by atoms with E-state index in [2.05, 4.69) is 50.2 Å². The zero-order valence-electron chi connectivity index (χ0n) is 18.5. The van der Waals surface area contributed by atoms with Gasteiger partial charge in [-0.25, -0.2) is 0 Å². The first-order valence-electron chi connectivity index (χ1n) is 11.5. The number of ketones is 1. The van der Waals surface area contributed by atoms with Crippen molar-refractivity contribution in [1.82, 2.24) is 0 Å². The van der Waals surface area contributed by atoms with Gasteiger partial charge in [0.05, 0.1) is 0 Å². The molecule has 0 spiro atoms. The molecule has 3 aromatic rings. The number of carbonyl (C=O) groups is 1. The molecule has 154 valence electrons. The van der Waals surface area contributed by atoms with E-state index < -0.39 is 0 Å². The van der Waals surface area contributed by atoms with Gasteiger partial charge < -0.3 is 0 Å². The molecule has 0 aliphatic heterocycles. The topological polar surface area (TPSA) is 17.1 Å². The molecule has 0 saturated carbocycles. The van der Waals surface area contributed by atoms with Gasteiger partial charge in [-0.1, -0.05) is 100 Å². The van der Waals surface area contributed by atoms with E-state index in [1.54, 1.807) is 0 Å². The number of unbranched alkanes of at least 4 members (excludes halogenated alkanes) is 2. The van der Waals surface area contributed by atoms with Crippen molar-refractivity contribution in [2.45, 2.75) is 64.7 Å². The first kappa shape index (κ1) is 20.6. The monoisotopic (exact) mass is 396 g/mol. The van der Waals surface area contributed by atoms with Gasteiger partial charge in [0.2, 0.25) is 0 Å². The Balaban J connectivity index is 1.87. The van der Waals surface area contributed by atoms with E-state index in [-0.39, 0.29) is 11.2 Å². The zero-order valence-corrected chi connectivity index (χ0v) is 18.5. The summed E-state index contributed by atoms with van der Waals surface area (Å²) in [5, 5.41) is 0. The Labute approximate surface area is 181 Å². The van der Waals surface area contributed by atoms with Crippen molar-refractivity contribution in [2.24, 2.45) is 0 Å². The van der Waals surface area contributed by atoms with Crippen molar-refractivity contribution in [3.05, 3.63) is 94.5 Å². The molecule has 0 fully saturated rings. The molecule has 0 amide bonds. The summed E-state index contributed by atoms with van der Waals surface area (Å²) < 4.78 is 0. The van der Waals surface area contributed by atoms with Crippen LogP contribution in [0.5, 0.6) is 0 Å². The normalized spacial score (nSPS) is 13.7. The molecule has 3 aromatic carbocycles. The fourth-order valence-corrected chi connectivity index (χ4v) is 5.20. The molecule has 1 aliphatic carbocycles. The number of carbonyl (C=O) groups excluding carboxylic acids is 1. The molecule has 1 aliphatic rings. The predicted molar refractivity (Wildman–Crippen MR) is 126 cm³/mol. The van der Waals surface area contributed by atoms with E-state index in [1.165, 1.54) is 47.9 Å². The lowest BCUT2D eigenvalue weighted by molar-refractivity contribution is 0.103. The first-order chi connectivity index (χ1) is 14.6. The number of aryl methyl sites for hydroxylation is 1. The van der Waals surface area contributed by atoms with Gasteiger partial charge in [0.25, 0.3) is 0 Å². The Morgan fingerprint density at radius 3 is 2.10 bits per heavy atom. The molecule has 1 nitrogen and oxygen atoms in total. The molecule has 0 atom stereocenters. The summed E-state index contributed by atoms with van der Waals surface area (Å²) in [4.78, 5) is 13.4. The summed E-state index contributed by atoms with van der Waals surface area (Å²) in [6.45, 7) is 6.56. The Kier molecular flexibility index (Phi) is 5.90. The largest absolute Gasteiger partial charge is 0.289 e. The molecule has 30 heavy (non-hydrogen) atoms. The maximum atomic E-state index is 13.4. The lowest BCUT2D eigenvalue weighted by Crippen LogP contribution is -2.25. The molecule has 0 aromatic heterocycles. The average Bonchev–Trinajstić information content (AvgIpc) is 3.06. The fraction of sp³-hybridized carbons (Fsp3) is 0.345. The highest BCUT2D eigenvalue weighted by molar-refractivity contribution is 6.10. The molecule has 4 rings (SSSR count). The van der Waals surface area contributed by atoms with Gasteiger partial charge in [0.15, 0.2) is 5.78 Å². The SMILES string of the molecule is CCCCC1(CCCC)c2ccccc2-c2ccc(C(=O)c3ccccc3C)cc21. The smallest absolute Gasteiger partial charge is 0.193 e. The maximum Gasteiger partial charge on any atom is 0.193 e. The van der Waals surface area contributed by atoms with Gasteiger partial charge in [-0.2, -0.15) is 0 Å². The van der Waals surface area contributed by atoms with Crippen molar-refractivity contribution in [3.63, 3.8) is 0 Å². The summed E-state index contributed by atoms with van der Waals surface area (Å²) in [5.74, 6) is 0.131. The highest BCUT2D eigenvalue weighted by atomic mass is 16.1. The summed E-state index contributed by atoms with van der Waals surface area (Å²) in [5.41, 5.74) is 8.18. The van der Waals surface area contributed by atoms with Crippen LogP contribution in [-0.2, 0) is 5.41 Å². The van der Waals surface area contributed by atoms with Gasteiger partial charge in [0, 0.05) is 16.5 Å². The Hall–Kier alpha value is -2.67. The molecule has 0 radical (unpaired) electrons. The highest BCUT2D eigenvalue weighted by Crippen LogP contribution is 2.54. The van der Waals surface area contributed by atoms with E-state index in [9.17, 15) is 4.79 Å². The van der Waals surface area contributed by atoms with Gasteiger partial charge in [0.1, 0.15) is 0 Å². The third-order valence-corrected chi connectivity index (χ3v) is 6.83. The van der Waals surface area contributed by atoms with Crippen molar-refractivity contribution in [2.75, 3.05) is 0 Å². The van der Waals surface area contributed by atoms with Crippen LogP contribution in [0.15, 0.2) is 66.7 Å². The van der Waals surface area contributed by atoms with Crippen LogP contribution < -0.4 is 0 Å². The van der Waals surface area contributed by atoms with E-state index in [4.69, 9.17) is 0 Å². The van der Waals surface area contributed by atoms with Gasteiger partial charge in [-0.05, 0) is 53.6 Å². The van der Waals surface area contributed by atoms with Crippen molar-refractivity contribution < 1.29 is 4.79 Å². The maximum absolute atomic E-state index is 13.4. The summed E-state index contributed by atoms with van der Waals surface area (Å²) in [6.07, 6.45) is 7.08. The number of benzene rings is 3. The minimum Gasteiger partial charge on any atom is -0.289 e. The Bertz CT molecular complexity index is 1050. The quantitative estimate of drug-likeness (QED) is 0.354. The fourth-order valence-electron chi connectivity index (χ4n) is 5.20. The Morgan fingerprint density at radius 2 is 1.40 bits per heavy atom. The van der Waals surface area contributed by atoms with Gasteiger partial charge in [-0.15, -0.1) is 0 Å². The van der Waals surface area contributed by atoms with E-state index in [0.29, 0.717) is 0 Å². The van der Waals surface area contributed by atoms with E-state index >= 15 is 0 Å². The molecule has 0 heterocycles. The lowest BCUT2D eigenvalue weighted by Gasteiger charge is -2.33. The molecular formula is C29H32O. The van der Waals surface area contributed by atoms with Gasteiger partial charge in [-0.3, -0.25) is 4.79 Å². The Morgan fingerprint density at radius 1 is 0.767 bits per heavy atom. The predicted octanol–water partition coefficient (Wildman–Crippen LogP) is 7.87. The van der Waals surface area contributed by atoms with E-state index in [0.717, 1.165) is 29.5 Å². The third kappa shape index (κ3) is 3.41. The van der Waals surface area contributed by atoms with Crippen LogP contribution in [0.1, 0.15) is 85.0 Å². The molecular weight excluding hydrogens is 364 g/mol. The molecule has 0 saturated heterocycles. The lowest BCUT2D eigenvalue weighted by atomic mass is 9.70. The van der Waals surface area contributed by atoms with Gasteiger partial charge >= 0.3 is 0 Å². The van der Waals surface area contributed by atoms with Crippen molar-refractivity contribution >= 4 is 5.78 Å². The zero-order chi connectivity index (χ0) is 21.1. The minimum absolute atomic E-state index is 0.0277. The van der Waals surface area contributed by atoms with Crippen LogP contribution in [-0.4, -0.2) is 5.78 Å². The number of hydrogen-bond acceptors (Lipinski definition) is 1. The van der Waals surface area contributed by atoms with Crippen LogP contribution >= 0.6 is 0 Å². The number of rotatable bonds is 8. The standard InChI is InChI=1S/C29H32O/c1-4-6-18-29(19-7-5-2)26-15-11-10-14-24(26)25-17-16-22(20-27(25)29)28(30)23-13-9-8-12-21(23)3/h8-17,20H,4-7,18-19H2,1-3H3. The van der Waals surface area contributed by atoms with Crippen LogP contribution in [0.4, 0.5) is 0 Å². The van der Waals surface area contributed by atoms with Crippen molar-refractivity contribution in [3.8, 4) is 11.1 Å². The van der Waals surface area contributed by atoms with E-state index in [1.807, 2.05) is 37.3 Å². The van der Waals surface area contributed by atoms with Crippen LogP contribution in [0.3, 0.4) is 0 Å². The van der Waals surface area contributed by atoms with Crippen LogP contribution in [0, 0.1) is 6.92 Å². The second-order valence-electron chi connectivity index (χ2n) is 8.74. The van der Waals surface area contributed by atoms with Crippen LogP contribution in [0.25, 0.3) is 11.1 Å². The first-order valence-corrected chi connectivity index (χ1v) is 11.5. The van der Waals surface area contributed by atoms with Crippen molar-refractivity contribution in [1.29, 1.82) is 0 Å². The second kappa shape index (κ2) is 8.60. The summed E-state index contributed by atoms with van der Waals surface area (Å²) in [6, 6.07) is 23.3. The molecule has 0 N–H and O–H groups in total. The summed E-state index contributed by atoms with van der Waals surface area (Å²) in [7, 11) is 0. The number of fused-ring (bicyclic) bond motifs is 3. The molecule has 0 bridgehead atoms. The molecule has 0 unspecified atom stereocenters. The van der Waals surface area contributed by atoms with Crippen LogP contribution in [0.2, 0.25) is 0 Å².